The second-order valence-electron chi connectivity index (χ2n) is 3.99. The second-order valence-corrected chi connectivity index (χ2v) is 3.99. The topological polar surface area (TPSA) is 80.7 Å². The highest BCUT2D eigenvalue weighted by Crippen LogP contribution is 2.25. The van der Waals surface area contributed by atoms with E-state index < -0.39 is 24.0 Å². The number of carboxylic acid groups (broad SMARTS) is 1. The lowest BCUT2D eigenvalue weighted by molar-refractivity contribution is -0.139. The van der Waals surface area contributed by atoms with Crippen LogP contribution in [0.3, 0.4) is 0 Å². The molecule has 0 amide bonds. The van der Waals surface area contributed by atoms with Gasteiger partial charge in [-0.05, 0) is 31.0 Å². The first-order chi connectivity index (χ1) is 8.36. The first-order valence-corrected chi connectivity index (χ1v) is 5.31. The Balaban J connectivity index is 3.20. The molecular formula is C13H14O5. The first-order valence-electron chi connectivity index (χ1n) is 5.31. The maximum absolute atomic E-state index is 11.9. The number of carbonyl (C=O) groups is 3. The number of ketones is 2. The molecule has 0 aliphatic rings. The summed E-state index contributed by atoms with van der Waals surface area (Å²) < 4.78 is 5.09. The van der Waals surface area contributed by atoms with Crippen LogP contribution in [0.15, 0.2) is 12.1 Å². The Bertz CT molecular complexity index is 516. The molecule has 0 radical (unpaired) electrons. The molecule has 1 aromatic rings. The van der Waals surface area contributed by atoms with Crippen LogP contribution in [0.5, 0.6) is 5.75 Å². The van der Waals surface area contributed by atoms with E-state index in [1.165, 1.54) is 13.2 Å². The van der Waals surface area contributed by atoms with Gasteiger partial charge in [0, 0.05) is 0 Å². The minimum Gasteiger partial charge on any atom is -0.496 e. The summed E-state index contributed by atoms with van der Waals surface area (Å²) in [6, 6.07) is 3.34. The van der Waals surface area contributed by atoms with E-state index >= 15 is 0 Å². The number of hydrogen-bond donors (Lipinski definition) is 1. The lowest BCUT2D eigenvalue weighted by Crippen LogP contribution is -2.19. The van der Waals surface area contributed by atoms with Gasteiger partial charge in [0.05, 0.1) is 12.7 Å². The smallest absolute Gasteiger partial charge is 0.311 e. The maximum Gasteiger partial charge on any atom is 0.311 e. The van der Waals surface area contributed by atoms with Gasteiger partial charge in [-0.15, -0.1) is 0 Å². The Morgan fingerprint density at radius 2 is 1.83 bits per heavy atom. The average Bonchev–Trinajstić information content (AvgIpc) is 2.26. The molecule has 0 aliphatic carbocycles. The van der Waals surface area contributed by atoms with Crippen LogP contribution in [0.1, 0.15) is 27.9 Å². The van der Waals surface area contributed by atoms with Gasteiger partial charge in [-0.1, -0.05) is 6.07 Å². The van der Waals surface area contributed by atoms with Gasteiger partial charge >= 0.3 is 5.97 Å². The van der Waals surface area contributed by atoms with E-state index in [0.29, 0.717) is 5.75 Å². The number of hydrogen-bond acceptors (Lipinski definition) is 4. The van der Waals surface area contributed by atoms with Crippen molar-refractivity contribution >= 4 is 17.5 Å². The average molecular weight is 250 g/mol. The number of benzene rings is 1. The van der Waals surface area contributed by atoms with E-state index in [4.69, 9.17) is 9.84 Å². The number of Topliss-reactive ketones (excluding diaryl/α,β-unsaturated/α-hetero) is 2. The molecule has 0 spiro atoms. The summed E-state index contributed by atoms with van der Waals surface area (Å²) in [4.78, 5) is 33.8. The van der Waals surface area contributed by atoms with Crippen molar-refractivity contribution in [3.05, 3.63) is 28.8 Å². The van der Waals surface area contributed by atoms with E-state index in [1.54, 1.807) is 13.8 Å². The molecule has 0 atom stereocenters. The number of ether oxygens (including phenoxy) is 1. The van der Waals surface area contributed by atoms with Crippen molar-refractivity contribution in [3.63, 3.8) is 0 Å². The summed E-state index contributed by atoms with van der Waals surface area (Å²) in [6.45, 7) is 3.54. The molecular weight excluding hydrogens is 236 g/mol. The molecule has 0 bridgehead atoms. The van der Waals surface area contributed by atoms with Crippen LogP contribution >= 0.6 is 0 Å². The first kappa shape index (κ1) is 13.9. The SMILES string of the molecule is COc1c(C)cc(C)cc1C(=O)C(=O)CC(=O)O. The fourth-order valence-electron chi connectivity index (χ4n) is 1.76. The number of carbonyl (C=O) groups excluding carboxylic acids is 2. The molecule has 0 aromatic heterocycles. The third-order valence-corrected chi connectivity index (χ3v) is 2.43. The normalized spacial score (nSPS) is 9.94. The minimum atomic E-state index is -1.32. The van der Waals surface area contributed by atoms with Gasteiger partial charge in [-0.2, -0.15) is 0 Å². The molecule has 18 heavy (non-hydrogen) atoms. The summed E-state index contributed by atoms with van der Waals surface area (Å²) in [5, 5.41) is 8.51. The summed E-state index contributed by atoms with van der Waals surface area (Å²) in [5.74, 6) is -2.80. The van der Waals surface area contributed by atoms with Gasteiger partial charge in [0.1, 0.15) is 12.2 Å². The van der Waals surface area contributed by atoms with E-state index in [2.05, 4.69) is 0 Å². The highest BCUT2D eigenvalue weighted by Gasteiger charge is 2.23. The largest absolute Gasteiger partial charge is 0.496 e. The van der Waals surface area contributed by atoms with Crippen molar-refractivity contribution in [2.45, 2.75) is 20.3 Å². The standard InChI is InChI=1S/C13H14O5/c1-7-4-8(2)13(18-3)9(5-7)12(17)10(14)6-11(15)16/h4-5H,6H2,1-3H3,(H,15,16). The molecule has 0 fully saturated rings. The third kappa shape index (κ3) is 2.94. The van der Waals surface area contributed by atoms with Crippen LogP contribution in [0.25, 0.3) is 0 Å². The van der Waals surface area contributed by atoms with Crippen molar-refractivity contribution < 1.29 is 24.2 Å². The molecule has 0 saturated heterocycles. The number of aryl methyl sites for hydroxylation is 2. The Morgan fingerprint density at radius 1 is 1.22 bits per heavy atom. The number of aliphatic carboxylic acids is 1. The van der Waals surface area contributed by atoms with E-state index in [0.717, 1.165) is 11.1 Å². The number of methoxy groups -OCH3 is 1. The van der Waals surface area contributed by atoms with E-state index in [9.17, 15) is 14.4 Å². The zero-order chi connectivity index (χ0) is 13.9. The van der Waals surface area contributed by atoms with Gasteiger partial charge in [0.25, 0.3) is 0 Å². The summed E-state index contributed by atoms with van der Waals surface area (Å²) >= 11 is 0. The number of carboxylic acids is 1. The molecule has 0 heterocycles. The zero-order valence-corrected chi connectivity index (χ0v) is 10.4. The number of rotatable bonds is 5. The Morgan fingerprint density at radius 3 is 2.33 bits per heavy atom. The van der Waals surface area contributed by atoms with E-state index in [1.807, 2.05) is 6.07 Å². The van der Waals surface area contributed by atoms with Crippen LogP contribution in [-0.2, 0) is 9.59 Å². The molecule has 0 aliphatic heterocycles. The zero-order valence-electron chi connectivity index (χ0n) is 10.4. The fraction of sp³-hybridized carbons (Fsp3) is 0.308. The molecule has 0 unspecified atom stereocenters. The predicted molar refractivity (Wildman–Crippen MR) is 64.1 cm³/mol. The fourth-order valence-corrected chi connectivity index (χ4v) is 1.76. The van der Waals surface area contributed by atoms with Crippen LogP contribution in [0.4, 0.5) is 0 Å². The van der Waals surface area contributed by atoms with Crippen molar-refractivity contribution in [3.8, 4) is 5.75 Å². The van der Waals surface area contributed by atoms with Crippen LogP contribution in [0, 0.1) is 13.8 Å². The highest BCUT2D eigenvalue weighted by molar-refractivity contribution is 6.46. The summed E-state index contributed by atoms with van der Waals surface area (Å²) in [6.07, 6.45) is -0.811. The Hall–Kier alpha value is -2.17. The van der Waals surface area contributed by atoms with Crippen molar-refractivity contribution in [2.24, 2.45) is 0 Å². The van der Waals surface area contributed by atoms with Crippen LogP contribution in [-0.4, -0.2) is 29.8 Å². The van der Waals surface area contributed by atoms with Gasteiger partial charge in [-0.3, -0.25) is 14.4 Å². The lowest BCUT2D eigenvalue weighted by Gasteiger charge is -2.11. The monoisotopic (exact) mass is 250 g/mol. The van der Waals surface area contributed by atoms with Gasteiger partial charge in [0.2, 0.25) is 11.6 Å². The molecule has 5 nitrogen and oxygen atoms in total. The molecule has 5 heteroatoms. The molecule has 1 aromatic carbocycles. The quantitative estimate of drug-likeness (QED) is 0.487. The van der Waals surface area contributed by atoms with Crippen LogP contribution < -0.4 is 4.74 Å². The minimum absolute atomic E-state index is 0.112. The molecule has 1 rings (SSSR count). The highest BCUT2D eigenvalue weighted by atomic mass is 16.5. The van der Waals surface area contributed by atoms with Gasteiger partial charge < -0.3 is 9.84 Å². The van der Waals surface area contributed by atoms with Crippen molar-refractivity contribution in [1.82, 2.24) is 0 Å². The molecule has 0 saturated carbocycles. The second kappa shape index (κ2) is 5.44. The summed E-state index contributed by atoms with van der Waals surface area (Å²) in [7, 11) is 1.40. The Labute approximate surface area is 104 Å². The molecule has 96 valence electrons. The van der Waals surface area contributed by atoms with E-state index in [-0.39, 0.29) is 5.56 Å². The Kier molecular flexibility index (Phi) is 4.20. The maximum atomic E-state index is 11.9. The lowest BCUT2D eigenvalue weighted by atomic mass is 9.99. The third-order valence-electron chi connectivity index (χ3n) is 2.43. The summed E-state index contributed by atoms with van der Waals surface area (Å²) in [5.41, 5.74) is 1.64. The van der Waals surface area contributed by atoms with Gasteiger partial charge in [-0.25, -0.2) is 0 Å². The predicted octanol–water partition coefficient (Wildman–Crippen LogP) is 1.54. The van der Waals surface area contributed by atoms with Crippen molar-refractivity contribution in [1.29, 1.82) is 0 Å². The molecule has 1 N–H and O–H groups in total. The van der Waals surface area contributed by atoms with Crippen LogP contribution in [0.2, 0.25) is 0 Å². The van der Waals surface area contributed by atoms with Gasteiger partial charge in [0.15, 0.2) is 0 Å². The van der Waals surface area contributed by atoms with Crippen molar-refractivity contribution in [2.75, 3.05) is 7.11 Å².